The topological polar surface area (TPSA) is 72.4 Å². The van der Waals surface area contributed by atoms with Gasteiger partial charge in [-0.25, -0.2) is 0 Å². The molecule has 2 aromatic heterocycles. The van der Waals surface area contributed by atoms with Crippen molar-refractivity contribution in [2.75, 3.05) is 0 Å². The van der Waals surface area contributed by atoms with E-state index in [-0.39, 0.29) is 37.7 Å². The molecule has 0 saturated carbocycles. The van der Waals surface area contributed by atoms with E-state index in [4.69, 9.17) is 8.83 Å². The summed E-state index contributed by atoms with van der Waals surface area (Å²) in [5.41, 5.74) is 0.951. The first-order chi connectivity index (χ1) is 6.72. The first kappa shape index (κ1) is 13.2. The molecule has 3 rings (SSSR count). The van der Waals surface area contributed by atoms with Crippen molar-refractivity contribution < 1.29 is 56.8 Å². The first-order valence-corrected chi connectivity index (χ1v) is 4.03. The van der Waals surface area contributed by atoms with Gasteiger partial charge < -0.3 is 19.0 Å². The first-order valence-electron chi connectivity index (χ1n) is 4.03. The summed E-state index contributed by atoms with van der Waals surface area (Å²) in [5.74, 6) is -0.787. The number of furan rings is 2. The van der Waals surface area contributed by atoms with Crippen molar-refractivity contribution in [3.8, 4) is 11.9 Å². The monoisotopic (exact) mass is 202 g/mol. The molecule has 0 saturated heterocycles. The molecule has 6 heteroatoms. The van der Waals surface area contributed by atoms with Crippen LogP contribution in [0.1, 0.15) is 0 Å². The van der Waals surface area contributed by atoms with Gasteiger partial charge in [0.25, 0.3) is 0 Å². The van der Waals surface area contributed by atoms with Crippen molar-refractivity contribution in [2.24, 2.45) is 0 Å². The third-order valence-electron chi connectivity index (χ3n) is 2.11. The molecule has 70 valence electrons. The van der Waals surface area contributed by atoms with Crippen molar-refractivity contribution >= 4 is 21.9 Å². The second kappa shape index (κ2) is 4.53. The van der Waals surface area contributed by atoms with E-state index in [0.717, 1.165) is 0 Å². The molecule has 0 aliphatic heterocycles. The van der Waals surface area contributed by atoms with E-state index in [0.29, 0.717) is 21.9 Å². The molecular weight excluding hydrogens is 198 g/mol. The van der Waals surface area contributed by atoms with E-state index in [1.165, 1.54) is 12.1 Å². The van der Waals surface area contributed by atoms with Gasteiger partial charge in [-0.3, -0.25) is 0 Å². The summed E-state index contributed by atoms with van der Waals surface area (Å²) in [6.45, 7) is 0. The summed E-state index contributed by atoms with van der Waals surface area (Å²) < 4.78 is 9.77. The second-order valence-electron chi connectivity index (χ2n) is 3.06. The van der Waals surface area contributed by atoms with Gasteiger partial charge in [-0.1, -0.05) is 0 Å². The number of hydrogen-bond acceptors (Lipinski definition) is 4. The van der Waals surface area contributed by atoms with Gasteiger partial charge in [0.1, 0.15) is 0 Å². The molecule has 0 bridgehead atoms. The van der Waals surface area contributed by atoms with Crippen LogP contribution in [0.4, 0.5) is 0 Å². The normalized spacial score (nSPS) is 10.0. The fraction of sp³-hybridized carbons (Fsp3) is 0. The van der Waals surface area contributed by atoms with E-state index >= 15 is 0 Å². The van der Waals surface area contributed by atoms with Crippen LogP contribution in [0, 0.1) is 0 Å². The molecule has 2 heterocycles. The summed E-state index contributed by atoms with van der Waals surface area (Å²) in [4.78, 5) is 0. The van der Waals surface area contributed by atoms with Crippen molar-refractivity contribution in [2.45, 2.75) is 0 Å². The summed E-state index contributed by atoms with van der Waals surface area (Å²) >= 11 is 0. The Labute approximate surface area is 115 Å². The molecule has 0 N–H and O–H groups in total. The third kappa shape index (κ3) is 1.98. The molecule has 0 aliphatic rings. The van der Waals surface area contributed by atoms with Crippen molar-refractivity contribution in [3.63, 3.8) is 0 Å². The average molecular weight is 202 g/mol. The van der Waals surface area contributed by atoms with Crippen LogP contribution in [0.2, 0.25) is 0 Å². The molecule has 0 unspecified atom stereocenters. The number of hydrogen-bond donors (Lipinski definition) is 0. The van der Waals surface area contributed by atoms with Crippen LogP contribution in [-0.4, -0.2) is 0 Å². The zero-order valence-corrected chi connectivity index (χ0v) is 8.94. The number of rotatable bonds is 0. The van der Waals surface area contributed by atoms with Gasteiger partial charge in [0.2, 0.25) is 0 Å². The smallest absolute Gasteiger partial charge is 0.579 e. The van der Waals surface area contributed by atoms with Crippen molar-refractivity contribution in [1.29, 1.82) is 0 Å². The molecule has 16 heavy (non-hydrogen) atoms. The SMILES string of the molecule is [Li+].[Li+].[O-]c1cc2cc3oc([O-])cc3cc2o1. The molecule has 0 amide bonds. The van der Waals surface area contributed by atoms with Gasteiger partial charge in [0.05, 0.1) is 11.9 Å². The van der Waals surface area contributed by atoms with Gasteiger partial charge in [0, 0.05) is 11.2 Å². The molecule has 0 fully saturated rings. The van der Waals surface area contributed by atoms with Crippen molar-refractivity contribution in [1.82, 2.24) is 0 Å². The minimum Gasteiger partial charge on any atom is -0.579 e. The fourth-order valence-electron chi connectivity index (χ4n) is 1.52. The standard InChI is InChI=1S/C10H6O4.2Li/c11-9-3-5-1-7-6(2-8(5)14-9)4-10(12)13-7;;/h1-4,11-12H;;/q;2*+1/p-2. The van der Waals surface area contributed by atoms with Gasteiger partial charge in [-0.05, 0) is 35.0 Å². The Morgan fingerprint density at radius 3 is 1.44 bits per heavy atom. The fourth-order valence-corrected chi connectivity index (χ4v) is 1.52. The molecule has 1 aromatic carbocycles. The molecule has 3 aromatic rings. The summed E-state index contributed by atoms with van der Waals surface area (Å²) in [7, 11) is 0. The number of benzene rings is 1. The Morgan fingerprint density at radius 2 is 1.06 bits per heavy atom. The molecule has 0 spiro atoms. The Kier molecular flexibility index (Phi) is 3.73. The Balaban J connectivity index is 0.000000640. The van der Waals surface area contributed by atoms with Gasteiger partial charge in [-0.15, -0.1) is 0 Å². The molecule has 0 aliphatic carbocycles. The maximum absolute atomic E-state index is 10.9. The van der Waals surface area contributed by atoms with Crippen LogP contribution in [-0.2, 0) is 0 Å². The van der Waals surface area contributed by atoms with Crippen molar-refractivity contribution in [3.05, 3.63) is 24.3 Å². The molecule has 0 atom stereocenters. The van der Waals surface area contributed by atoms with Crippen LogP contribution in [0.3, 0.4) is 0 Å². The van der Waals surface area contributed by atoms with Gasteiger partial charge >= 0.3 is 37.7 Å². The molecule has 0 radical (unpaired) electrons. The van der Waals surface area contributed by atoms with Crippen LogP contribution in [0.25, 0.3) is 21.9 Å². The van der Waals surface area contributed by atoms with Crippen LogP contribution < -0.4 is 47.9 Å². The quantitative estimate of drug-likeness (QED) is 0.343. The Morgan fingerprint density at radius 1 is 0.688 bits per heavy atom. The van der Waals surface area contributed by atoms with Crippen LogP contribution in [0.5, 0.6) is 11.9 Å². The van der Waals surface area contributed by atoms with Crippen LogP contribution >= 0.6 is 0 Å². The number of fused-ring (bicyclic) bond motifs is 2. The average Bonchev–Trinajstić information content (AvgIpc) is 2.59. The van der Waals surface area contributed by atoms with E-state index < -0.39 is 11.9 Å². The third-order valence-corrected chi connectivity index (χ3v) is 2.11. The largest absolute Gasteiger partial charge is 1.00 e. The maximum Gasteiger partial charge on any atom is 1.00 e. The predicted molar refractivity (Wildman–Crippen MR) is 44.9 cm³/mol. The van der Waals surface area contributed by atoms with Gasteiger partial charge in [0.15, 0.2) is 0 Å². The van der Waals surface area contributed by atoms with E-state index in [9.17, 15) is 10.2 Å². The van der Waals surface area contributed by atoms with Crippen LogP contribution in [0.15, 0.2) is 33.1 Å². The Bertz CT molecular complexity index is 523. The van der Waals surface area contributed by atoms with E-state index in [1.54, 1.807) is 12.1 Å². The molecular formula is C10H4Li2O4. The summed E-state index contributed by atoms with van der Waals surface area (Å²) in [6.07, 6.45) is 0. The maximum atomic E-state index is 10.9. The zero-order chi connectivity index (χ0) is 9.71. The summed E-state index contributed by atoms with van der Waals surface area (Å²) in [5, 5.41) is 23.1. The molecule has 4 nitrogen and oxygen atoms in total. The zero-order valence-electron chi connectivity index (χ0n) is 8.94. The second-order valence-corrected chi connectivity index (χ2v) is 3.06. The van der Waals surface area contributed by atoms with Gasteiger partial charge in [-0.2, -0.15) is 0 Å². The predicted octanol–water partition coefficient (Wildman–Crippen LogP) is -4.67. The minimum atomic E-state index is -0.394. The minimum absolute atomic E-state index is 0. The summed E-state index contributed by atoms with van der Waals surface area (Å²) in [6, 6.07) is 5.97. The van der Waals surface area contributed by atoms with E-state index in [2.05, 4.69) is 0 Å². The Hall–Kier alpha value is -0.905. The van der Waals surface area contributed by atoms with E-state index in [1.807, 2.05) is 0 Å².